The van der Waals surface area contributed by atoms with Crippen molar-refractivity contribution in [1.29, 1.82) is 0 Å². The Hall–Kier alpha value is -1.20. The summed E-state index contributed by atoms with van der Waals surface area (Å²) in [5.41, 5.74) is 0.637. The van der Waals surface area contributed by atoms with Crippen LogP contribution >= 0.6 is 24.0 Å². The maximum absolute atomic E-state index is 12.4. The van der Waals surface area contributed by atoms with Crippen LogP contribution < -0.4 is 15.4 Å². The number of halogens is 3. The average Bonchev–Trinajstić information content (AvgIpc) is 3.14. The van der Waals surface area contributed by atoms with Crippen LogP contribution in [0, 0.1) is 5.92 Å². The van der Waals surface area contributed by atoms with Gasteiger partial charge in [-0.25, -0.2) is 0 Å². The number of hydrogen-bond donors (Lipinski definition) is 2. The van der Waals surface area contributed by atoms with Crippen LogP contribution in [0.25, 0.3) is 0 Å². The summed E-state index contributed by atoms with van der Waals surface area (Å²) in [6, 6.07) is 6.69. The van der Waals surface area contributed by atoms with Crippen molar-refractivity contribution in [3.05, 3.63) is 29.8 Å². The first kappa shape index (κ1) is 23.8. The lowest BCUT2D eigenvalue weighted by Crippen LogP contribution is -2.37. The number of aliphatic imine (C=N–C) groups is 1. The second-order valence-corrected chi connectivity index (χ2v) is 6.00. The van der Waals surface area contributed by atoms with Crippen molar-refractivity contribution >= 4 is 29.9 Å². The highest BCUT2D eigenvalue weighted by Crippen LogP contribution is 2.19. The van der Waals surface area contributed by atoms with Crippen LogP contribution in [-0.4, -0.2) is 52.6 Å². The minimum absolute atomic E-state index is 0. The lowest BCUT2D eigenvalue weighted by Gasteiger charge is -2.14. The summed E-state index contributed by atoms with van der Waals surface area (Å²) in [6.07, 6.45) is 1.92. The molecule has 0 saturated carbocycles. The number of para-hydroxylation sites is 1. The third-order valence-corrected chi connectivity index (χ3v) is 3.99. The molecule has 1 unspecified atom stereocenters. The van der Waals surface area contributed by atoms with E-state index in [1.54, 1.807) is 25.2 Å². The predicted molar refractivity (Wildman–Crippen MR) is 111 cm³/mol. The molecule has 0 aromatic heterocycles. The maximum Gasteiger partial charge on any atom is 0.387 e. The first-order valence-electron chi connectivity index (χ1n) is 8.81. The first-order valence-corrected chi connectivity index (χ1v) is 8.81. The zero-order chi connectivity index (χ0) is 18.6. The normalized spacial score (nSPS) is 16.9. The standard InChI is InChI=1S/C18H27F2N3O3.HI/c1-21-18(22-8-4-9-24-12-14-7-10-25-13-14)23-11-15-5-2-3-6-16(15)26-17(19)20;/h2-3,5-6,14,17H,4,7-13H2,1H3,(H2,21,22,23);1H. The van der Waals surface area contributed by atoms with E-state index in [9.17, 15) is 8.78 Å². The molecule has 0 radical (unpaired) electrons. The number of alkyl halides is 2. The Bertz CT molecular complexity index is 558. The highest BCUT2D eigenvalue weighted by Gasteiger charge is 2.15. The Kier molecular flexibility index (Phi) is 12.3. The fourth-order valence-electron chi connectivity index (χ4n) is 2.61. The second kappa shape index (κ2) is 13.9. The molecular formula is C18H28F2IN3O3. The SMILES string of the molecule is CN=C(NCCCOCC1CCOC1)NCc1ccccc1OC(F)F.I. The van der Waals surface area contributed by atoms with Gasteiger partial charge in [-0.05, 0) is 18.9 Å². The quantitative estimate of drug-likeness (QED) is 0.224. The number of guanidine groups is 1. The van der Waals surface area contributed by atoms with Gasteiger partial charge in [-0.15, -0.1) is 24.0 Å². The molecule has 0 spiro atoms. The summed E-state index contributed by atoms with van der Waals surface area (Å²) in [6.45, 7) is 1.24. The summed E-state index contributed by atoms with van der Waals surface area (Å²) in [7, 11) is 1.66. The van der Waals surface area contributed by atoms with Crippen LogP contribution in [-0.2, 0) is 16.0 Å². The van der Waals surface area contributed by atoms with Gasteiger partial charge in [0.2, 0.25) is 0 Å². The van der Waals surface area contributed by atoms with Crippen LogP contribution in [0.1, 0.15) is 18.4 Å². The molecule has 0 bridgehead atoms. The van der Waals surface area contributed by atoms with Gasteiger partial charge in [0.1, 0.15) is 5.75 Å². The molecule has 2 N–H and O–H groups in total. The zero-order valence-electron chi connectivity index (χ0n) is 15.5. The van der Waals surface area contributed by atoms with E-state index in [0.717, 1.165) is 32.7 Å². The minimum atomic E-state index is -2.84. The Morgan fingerprint density at radius 1 is 1.33 bits per heavy atom. The molecule has 1 atom stereocenters. The highest BCUT2D eigenvalue weighted by molar-refractivity contribution is 14.0. The number of nitrogens with zero attached hydrogens (tertiary/aromatic N) is 1. The van der Waals surface area contributed by atoms with Crippen molar-refractivity contribution in [2.45, 2.75) is 26.0 Å². The predicted octanol–water partition coefficient (Wildman–Crippen LogP) is 3.01. The van der Waals surface area contributed by atoms with Crippen molar-refractivity contribution < 1.29 is 23.0 Å². The molecule has 9 heteroatoms. The van der Waals surface area contributed by atoms with Gasteiger partial charge in [0.25, 0.3) is 0 Å². The molecule has 1 aromatic carbocycles. The van der Waals surface area contributed by atoms with Crippen LogP contribution in [0.5, 0.6) is 5.75 Å². The molecule has 1 saturated heterocycles. The molecule has 1 fully saturated rings. The van der Waals surface area contributed by atoms with E-state index in [1.807, 2.05) is 0 Å². The van der Waals surface area contributed by atoms with Crippen molar-refractivity contribution in [2.75, 3.05) is 40.0 Å². The van der Waals surface area contributed by atoms with Crippen molar-refractivity contribution in [1.82, 2.24) is 10.6 Å². The largest absolute Gasteiger partial charge is 0.434 e. The zero-order valence-corrected chi connectivity index (χ0v) is 17.8. The van der Waals surface area contributed by atoms with E-state index in [-0.39, 0.29) is 29.7 Å². The van der Waals surface area contributed by atoms with E-state index in [0.29, 0.717) is 37.1 Å². The van der Waals surface area contributed by atoms with Crippen LogP contribution in [0.3, 0.4) is 0 Å². The van der Waals surface area contributed by atoms with Gasteiger partial charge < -0.3 is 24.8 Å². The molecule has 0 amide bonds. The lowest BCUT2D eigenvalue weighted by molar-refractivity contribution is -0.0504. The molecular weight excluding hydrogens is 471 g/mol. The summed E-state index contributed by atoms with van der Waals surface area (Å²) >= 11 is 0. The molecule has 27 heavy (non-hydrogen) atoms. The number of hydrogen-bond acceptors (Lipinski definition) is 4. The topological polar surface area (TPSA) is 64.1 Å². The maximum atomic E-state index is 12.4. The van der Waals surface area contributed by atoms with E-state index < -0.39 is 6.61 Å². The van der Waals surface area contributed by atoms with Gasteiger partial charge in [0.05, 0.1) is 13.2 Å². The van der Waals surface area contributed by atoms with Gasteiger partial charge in [-0.1, -0.05) is 18.2 Å². The Morgan fingerprint density at radius 3 is 2.85 bits per heavy atom. The molecule has 0 aliphatic carbocycles. The highest BCUT2D eigenvalue weighted by atomic mass is 127. The Balaban J connectivity index is 0.00000364. The van der Waals surface area contributed by atoms with Gasteiger partial charge in [-0.2, -0.15) is 8.78 Å². The fourth-order valence-corrected chi connectivity index (χ4v) is 2.61. The second-order valence-electron chi connectivity index (χ2n) is 6.00. The summed E-state index contributed by atoms with van der Waals surface area (Å²) in [5.74, 6) is 1.28. The van der Waals surface area contributed by atoms with Gasteiger partial charge in [0, 0.05) is 44.8 Å². The van der Waals surface area contributed by atoms with Gasteiger partial charge >= 0.3 is 6.61 Å². The van der Waals surface area contributed by atoms with Gasteiger partial charge in [0.15, 0.2) is 5.96 Å². The lowest BCUT2D eigenvalue weighted by atomic mass is 10.1. The van der Waals surface area contributed by atoms with Crippen LogP contribution in [0.15, 0.2) is 29.3 Å². The fraction of sp³-hybridized carbons (Fsp3) is 0.611. The molecule has 1 aliphatic rings. The third-order valence-electron chi connectivity index (χ3n) is 3.99. The minimum Gasteiger partial charge on any atom is -0.434 e. The number of ether oxygens (including phenoxy) is 3. The van der Waals surface area contributed by atoms with Crippen LogP contribution in [0.4, 0.5) is 8.78 Å². The molecule has 1 heterocycles. The average molecular weight is 499 g/mol. The van der Waals surface area contributed by atoms with Crippen molar-refractivity contribution in [3.63, 3.8) is 0 Å². The molecule has 154 valence electrons. The van der Waals surface area contributed by atoms with E-state index in [1.165, 1.54) is 6.07 Å². The monoisotopic (exact) mass is 499 g/mol. The van der Waals surface area contributed by atoms with E-state index in [2.05, 4.69) is 20.4 Å². The van der Waals surface area contributed by atoms with E-state index in [4.69, 9.17) is 9.47 Å². The Morgan fingerprint density at radius 2 is 2.15 bits per heavy atom. The van der Waals surface area contributed by atoms with Crippen molar-refractivity contribution in [3.8, 4) is 5.75 Å². The third kappa shape index (κ3) is 9.52. The molecule has 2 rings (SSSR count). The number of nitrogens with one attached hydrogen (secondary N) is 2. The number of rotatable bonds is 10. The molecule has 1 aliphatic heterocycles. The van der Waals surface area contributed by atoms with Crippen molar-refractivity contribution in [2.24, 2.45) is 10.9 Å². The first-order chi connectivity index (χ1) is 12.7. The van der Waals surface area contributed by atoms with Crippen LogP contribution in [0.2, 0.25) is 0 Å². The van der Waals surface area contributed by atoms with E-state index >= 15 is 0 Å². The summed E-state index contributed by atoms with van der Waals surface area (Å²) in [5, 5.41) is 6.27. The van der Waals surface area contributed by atoms with Gasteiger partial charge in [-0.3, -0.25) is 4.99 Å². The summed E-state index contributed by atoms with van der Waals surface area (Å²) in [4.78, 5) is 4.12. The Labute approximate surface area is 176 Å². The molecule has 6 nitrogen and oxygen atoms in total. The smallest absolute Gasteiger partial charge is 0.387 e. The number of benzene rings is 1. The molecule has 1 aromatic rings. The summed E-state index contributed by atoms with van der Waals surface area (Å²) < 4.78 is 40.3.